The number of carbonyl (C=O) groups is 1. The number of rotatable bonds is 4. The number of nitrogens with one attached hydrogen (secondary N) is 1. The van der Waals surface area contributed by atoms with Crippen molar-refractivity contribution in [3.63, 3.8) is 0 Å². The average Bonchev–Trinajstić information content (AvgIpc) is 2.89. The Bertz CT molecular complexity index is 386. The molecule has 1 aromatic carbocycles. The summed E-state index contributed by atoms with van der Waals surface area (Å²) in [6.07, 6.45) is 2.26. The second-order valence-electron chi connectivity index (χ2n) is 4.05. The molecule has 4 nitrogen and oxygen atoms in total. The van der Waals surface area contributed by atoms with Gasteiger partial charge in [0.2, 0.25) is 0 Å². The van der Waals surface area contributed by atoms with Gasteiger partial charge in [-0.1, -0.05) is 12.1 Å². The highest BCUT2D eigenvalue weighted by Crippen LogP contribution is 2.17. The third-order valence-electron chi connectivity index (χ3n) is 2.87. The minimum atomic E-state index is -0.113. The highest BCUT2D eigenvalue weighted by Gasteiger charge is 2.17. The minimum Gasteiger partial charge on any atom is -0.496 e. The lowest BCUT2D eigenvalue weighted by molar-refractivity contribution is 0.0855. The highest BCUT2D eigenvalue weighted by atomic mass is 16.5. The second-order valence-corrected chi connectivity index (χ2v) is 4.05. The number of methoxy groups -OCH3 is 1. The van der Waals surface area contributed by atoms with Crippen molar-refractivity contribution >= 4 is 5.91 Å². The quantitative estimate of drug-likeness (QED) is 0.862. The molecule has 17 heavy (non-hydrogen) atoms. The molecule has 0 unspecified atom stereocenters. The summed E-state index contributed by atoms with van der Waals surface area (Å²) < 4.78 is 10.6. The maximum Gasteiger partial charge on any atom is 0.255 e. The molecular weight excluding hydrogens is 218 g/mol. The lowest BCUT2D eigenvalue weighted by Crippen LogP contribution is -2.31. The summed E-state index contributed by atoms with van der Waals surface area (Å²) in [6, 6.07) is 7.20. The third kappa shape index (κ3) is 2.97. The van der Waals surface area contributed by atoms with Gasteiger partial charge in [0.05, 0.1) is 18.8 Å². The van der Waals surface area contributed by atoms with Crippen LogP contribution in [0.1, 0.15) is 23.2 Å². The van der Waals surface area contributed by atoms with Crippen molar-refractivity contribution in [3.05, 3.63) is 29.8 Å². The summed E-state index contributed by atoms with van der Waals surface area (Å²) >= 11 is 0. The van der Waals surface area contributed by atoms with Gasteiger partial charge in [-0.2, -0.15) is 0 Å². The summed E-state index contributed by atoms with van der Waals surface area (Å²) in [5, 5.41) is 2.87. The van der Waals surface area contributed by atoms with Crippen LogP contribution in [0.4, 0.5) is 0 Å². The van der Waals surface area contributed by atoms with Crippen LogP contribution in [0.2, 0.25) is 0 Å². The average molecular weight is 235 g/mol. The molecule has 1 aromatic rings. The van der Waals surface area contributed by atoms with Gasteiger partial charge in [-0.15, -0.1) is 0 Å². The molecule has 1 heterocycles. The SMILES string of the molecule is COc1ccccc1C(=O)NC[C@@H]1CCCO1. The molecule has 0 radical (unpaired) electrons. The van der Waals surface area contributed by atoms with Crippen LogP contribution in [0, 0.1) is 0 Å². The summed E-state index contributed by atoms with van der Waals surface area (Å²) in [5.41, 5.74) is 0.563. The summed E-state index contributed by atoms with van der Waals surface area (Å²) in [4.78, 5) is 11.9. The number of amides is 1. The third-order valence-corrected chi connectivity index (χ3v) is 2.87. The van der Waals surface area contributed by atoms with Gasteiger partial charge in [0.1, 0.15) is 5.75 Å². The molecule has 1 atom stereocenters. The van der Waals surface area contributed by atoms with Crippen LogP contribution in [-0.4, -0.2) is 32.3 Å². The first-order chi connectivity index (χ1) is 8.31. The number of ether oxygens (including phenoxy) is 2. The van der Waals surface area contributed by atoms with Crippen molar-refractivity contribution in [1.82, 2.24) is 5.32 Å². The maximum atomic E-state index is 11.9. The van der Waals surface area contributed by atoms with Gasteiger partial charge in [-0.05, 0) is 25.0 Å². The summed E-state index contributed by atoms with van der Waals surface area (Å²) in [6.45, 7) is 1.37. The van der Waals surface area contributed by atoms with E-state index in [-0.39, 0.29) is 12.0 Å². The fourth-order valence-corrected chi connectivity index (χ4v) is 1.94. The Morgan fingerprint density at radius 1 is 1.53 bits per heavy atom. The Morgan fingerprint density at radius 3 is 3.06 bits per heavy atom. The van der Waals surface area contributed by atoms with E-state index < -0.39 is 0 Å². The molecule has 0 saturated carbocycles. The van der Waals surface area contributed by atoms with E-state index in [9.17, 15) is 4.79 Å². The molecule has 1 amide bonds. The molecule has 1 aliphatic rings. The number of hydrogen-bond acceptors (Lipinski definition) is 3. The molecule has 1 aliphatic heterocycles. The number of hydrogen-bond donors (Lipinski definition) is 1. The fraction of sp³-hybridized carbons (Fsp3) is 0.462. The highest BCUT2D eigenvalue weighted by molar-refractivity contribution is 5.96. The molecule has 92 valence electrons. The lowest BCUT2D eigenvalue weighted by Gasteiger charge is -2.12. The van der Waals surface area contributed by atoms with Gasteiger partial charge in [0, 0.05) is 13.2 Å². The lowest BCUT2D eigenvalue weighted by atomic mass is 10.2. The maximum absolute atomic E-state index is 11.9. The van der Waals surface area contributed by atoms with Crippen LogP contribution in [-0.2, 0) is 4.74 Å². The van der Waals surface area contributed by atoms with Crippen LogP contribution < -0.4 is 10.1 Å². The zero-order chi connectivity index (χ0) is 12.1. The number of carbonyl (C=O) groups excluding carboxylic acids is 1. The van der Waals surface area contributed by atoms with E-state index in [0.717, 1.165) is 19.4 Å². The van der Waals surface area contributed by atoms with E-state index in [1.165, 1.54) is 0 Å². The monoisotopic (exact) mass is 235 g/mol. The zero-order valence-corrected chi connectivity index (χ0v) is 9.94. The molecule has 0 spiro atoms. The molecular formula is C13H17NO3. The van der Waals surface area contributed by atoms with E-state index in [2.05, 4.69) is 5.32 Å². The van der Waals surface area contributed by atoms with Crippen LogP contribution in [0.5, 0.6) is 5.75 Å². The first kappa shape index (κ1) is 11.9. The first-order valence-corrected chi connectivity index (χ1v) is 5.84. The van der Waals surface area contributed by atoms with E-state index in [0.29, 0.717) is 17.9 Å². The van der Waals surface area contributed by atoms with Crippen molar-refractivity contribution in [2.75, 3.05) is 20.3 Å². The second kappa shape index (κ2) is 5.68. The Kier molecular flexibility index (Phi) is 3.98. The number of para-hydroxylation sites is 1. The summed E-state index contributed by atoms with van der Waals surface area (Å²) in [5.74, 6) is 0.482. The van der Waals surface area contributed by atoms with Gasteiger partial charge in [0.15, 0.2) is 0 Å². The van der Waals surface area contributed by atoms with E-state index in [1.54, 1.807) is 19.2 Å². The van der Waals surface area contributed by atoms with Gasteiger partial charge >= 0.3 is 0 Å². The van der Waals surface area contributed by atoms with E-state index in [4.69, 9.17) is 9.47 Å². The largest absolute Gasteiger partial charge is 0.496 e. The molecule has 1 saturated heterocycles. The Labute approximate surface area is 101 Å². The molecule has 2 rings (SSSR count). The Balaban J connectivity index is 1.94. The van der Waals surface area contributed by atoms with Crippen molar-refractivity contribution < 1.29 is 14.3 Å². The van der Waals surface area contributed by atoms with Crippen LogP contribution in [0.25, 0.3) is 0 Å². The normalized spacial score (nSPS) is 19.0. The van der Waals surface area contributed by atoms with Crippen LogP contribution >= 0.6 is 0 Å². The van der Waals surface area contributed by atoms with Gasteiger partial charge < -0.3 is 14.8 Å². The fourth-order valence-electron chi connectivity index (χ4n) is 1.94. The molecule has 4 heteroatoms. The molecule has 0 aromatic heterocycles. The molecule has 0 bridgehead atoms. The zero-order valence-electron chi connectivity index (χ0n) is 9.94. The van der Waals surface area contributed by atoms with Crippen LogP contribution in [0.15, 0.2) is 24.3 Å². The number of benzene rings is 1. The topological polar surface area (TPSA) is 47.6 Å². The van der Waals surface area contributed by atoms with Crippen molar-refractivity contribution in [2.45, 2.75) is 18.9 Å². The smallest absolute Gasteiger partial charge is 0.255 e. The van der Waals surface area contributed by atoms with Crippen molar-refractivity contribution in [1.29, 1.82) is 0 Å². The van der Waals surface area contributed by atoms with Gasteiger partial charge in [-0.3, -0.25) is 4.79 Å². The van der Waals surface area contributed by atoms with E-state index >= 15 is 0 Å². The standard InChI is InChI=1S/C13H17NO3/c1-16-12-7-3-2-6-11(12)13(15)14-9-10-5-4-8-17-10/h2-3,6-7,10H,4-5,8-9H2,1H3,(H,14,15)/t10-/m0/s1. The first-order valence-electron chi connectivity index (χ1n) is 5.84. The Morgan fingerprint density at radius 2 is 2.35 bits per heavy atom. The molecule has 1 fully saturated rings. The predicted molar refractivity (Wildman–Crippen MR) is 64.3 cm³/mol. The van der Waals surface area contributed by atoms with Gasteiger partial charge in [0.25, 0.3) is 5.91 Å². The van der Waals surface area contributed by atoms with Crippen LogP contribution in [0.3, 0.4) is 0 Å². The predicted octanol–water partition coefficient (Wildman–Crippen LogP) is 1.60. The van der Waals surface area contributed by atoms with Crippen molar-refractivity contribution in [2.24, 2.45) is 0 Å². The molecule has 0 aliphatic carbocycles. The summed E-state index contributed by atoms with van der Waals surface area (Å²) in [7, 11) is 1.56. The molecule has 1 N–H and O–H groups in total. The van der Waals surface area contributed by atoms with E-state index in [1.807, 2.05) is 12.1 Å². The Hall–Kier alpha value is -1.55. The minimum absolute atomic E-state index is 0.113. The van der Waals surface area contributed by atoms with Crippen molar-refractivity contribution in [3.8, 4) is 5.75 Å². The van der Waals surface area contributed by atoms with Gasteiger partial charge in [-0.25, -0.2) is 0 Å².